The van der Waals surface area contributed by atoms with Crippen molar-refractivity contribution in [3.63, 3.8) is 0 Å². The van der Waals surface area contributed by atoms with Crippen molar-refractivity contribution in [1.82, 2.24) is 5.32 Å². The van der Waals surface area contributed by atoms with Crippen molar-refractivity contribution in [2.45, 2.75) is 84.0 Å². The van der Waals surface area contributed by atoms with E-state index in [0.717, 1.165) is 57.9 Å². The van der Waals surface area contributed by atoms with Gasteiger partial charge in [-0.1, -0.05) is 68.4 Å². The average Bonchev–Trinajstić information content (AvgIpc) is 3.48. The Bertz CT molecular complexity index is 455. The zero-order valence-electron chi connectivity index (χ0n) is 16.8. The van der Waals surface area contributed by atoms with Crippen molar-refractivity contribution in [1.29, 1.82) is 0 Å². The van der Waals surface area contributed by atoms with E-state index < -0.39 is 0 Å². The second-order valence-corrected chi connectivity index (χ2v) is 7.15. The van der Waals surface area contributed by atoms with Gasteiger partial charge in [-0.05, 0) is 64.2 Å². The lowest BCUT2D eigenvalue weighted by atomic mass is 10.2. The molecule has 1 saturated carbocycles. The maximum Gasteiger partial charge on any atom is 0.223 e. The molecule has 26 heavy (non-hydrogen) atoms. The number of rotatable bonds is 16. The Balaban J connectivity index is 1.83. The summed E-state index contributed by atoms with van der Waals surface area (Å²) in [5.41, 5.74) is 0. The molecule has 0 heterocycles. The normalized spacial score (nSPS) is 15.1. The van der Waals surface area contributed by atoms with Crippen LogP contribution in [0.1, 0.15) is 84.0 Å². The number of allylic oxidation sites excluding steroid dienone is 8. The molecular formula is C24H39NO. The third kappa shape index (κ3) is 14.7. The Morgan fingerprint density at radius 2 is 1.27 bits per heavy atom. The first-order valence-corrected chi connectivity index (χ1v) is 10.7. The van der Waals surface area contributed by atoms with Crippen molar-refractivity contribution < 1.29 is 4.79 Å². The van der Waals surface area contributed by atoms with Gasteiger partial charge in [0.25, 0.3) is 0 Å². The number of hydrogen-bond acceptors (Lipinski definition) is 1. The van der Waals surface area contributed by atoms with Crippen molar-refractivity contribution in [2.24, 2.45) is 5.92 Å². The Morgan fingerprint density at radius 3 is 1.77 bits per heavy atom. The topological polar surface area (TPSA) is 29.1 Å². The summed E-state index contributed by atoms with van der Waals surface area (Å²) in [6.45, 7) is 3.08. The molecule has 0 spiro atoms. The van der Waals surface area contributed by atoms with Crippen LogP contribution in [-0.4, -0.2) is 12.5 Å². The summed E-state index contributed by atoms with van der Waals surface area (Å²) >= 11 is 0. The highest BCUT2D eigenvalue weighted by atomic mass is 16.2. The molecule has 1 fully saturated rings. The van der Waals surface area contributed by atoms with Crippen LogP contribution in [0.3, 0.4) is 0 Å². The molecule has 0 aromatic rings. The molecule has 1 amide bonds. The molecule has 1 aliphatic carbocycles. The minimum Gasteiger partial charge on any atom is -0.356 e. The molecule has 0 radical (unpaired) electrons. The molecule has 0 atom stereocenters. The summed E-state index contributed by atoms with van der Waals surface area (Å²) in [5, 5.41) is 3.01. The molecule has 0 unspecified atom stereocenters. The largest absolute Gasteiger partial charge is 0.356 e. The molecule has 2 heteroatoms. The van der Waals surface area contributed by atoms with Crippen molar-refractivity contribution >= 4 is 5.91 Å². The lowest BCUT2D eigenvalue weighted by Gasteiger charge is -2.02. The number of hydrogen-bond donors (Lipinski definition) is 1. The van der Waals surface area contributed by atoms with Crippen molar-refractivity contribution in [3.05, 3.63) is 48.6 Å². The third-order valence-corrected chi connectivity index (χ3v) is 4.50. The van der Waals surface area contributed by atoms with Gasteiger partial charge in [-0.2, -0.15) is 0 Å². The van der Waals surface area contributed by atoms with E-state index in [0.29, 0.717) is 5.92 Å². The summed E-state index contributed by atoms with van der Waals surface area (Å²) in [7, 11) is 0. The van der Waals surface area contributed by atoms with Gasteiger partial charge in [0.15, 0.2) is 0 Å². The Labute approximate surface area is 161 Å². The predicted molar refractivity (Wildman–Crippen MR) is 114 cm³/mol. The molecule has 0 aromatic carbocycles. The SMILES string of the molecule is CCCCC/C=C\C/C=C\C/C=C\C/C=C\CCCCNC(=O)C1CC1. The van der Waals surface area contributed by atoms with Gasteiger partial charge in [-0.25, -0.2) is 0 Å². The Hall–Kier alpha value is -1.57. The first-order chi connectivity index (χ1) is 12.8. The van der Waals surface area contributed by atoms with Gasteiger partial charge in [-0.15, -0.1) is 0 Å². The average molecular weight is 358 g/mol. The number of carbonyl (C=O) groups is 1. The number of unbranched alkanes of at least 4 members (excludes halogenated alkanes) is 5. The fourth-order valence-corrected chi connectivity index (χ4v) is 2.65. The zero-order valence-corrected chi connectivity index (χ0v) is 16.8. The molecule has 0 aromatic heterocycles. The second kappa shape index (κ2) is 16.9. The van der Waals surface area contributed by atoms with E-state index in [1.165, 1.54) is 25.7 Å². The van der Waals surface area contributed by atoms with Crippen LogP contribution >= 0.6 is 0 Å². The van der Waals surface area contributed by atoms with Crippen LogP contribution in [0.5, 0.6) is 0 Å². The van der Waals surface area contributed by atoms with E-state index >= 15 is 0 Å². The van der Waals surface area contributed by atoms with Gasteiger partial charge in [0.1, 0.15) is 0 Å². The highest BCUT2D eigenvalue weighted by Gasteiger charge is 2.28. The number of carbonyl (C=O) groups excluding carboxylic acids is 1. The van der Waals surface area contributed by atoms with Crippen LogP contribution in [0.4, 0.5) is 0 Å². The quantitative estimate of drug-likeness (QED) is 0.243. The zero-order chi connectivity index (χ0) is 18.7. The van der Waals surface area contributed by atoms with Gasteiger partial charge >= 0.3 is 0 Å². The van der Waals surface area contributed by atoms with Crippen LogP contribution in [0.25, 0.3) is 0 Å². The van der Waals surface area contributed by atoms with E-state index in [9.17, 15) is 4.79 Å². The van der Waals surface area contributed by atoms with E-state index in [1.54, 1.807) is 0 Å². The number of amides is 1. The molecule has 1 rings (SSSR count). The van der Waals surface area contributed by atoms with Gasteiger partial charge in [0.2, 0.25) is 5.91 Å². The lowest BCUT2D eigenvalue weighted by molar-refractivity contribution is -0.122. The van der Waals surface area contributed by atoms with Gasteiger partial charge in [0.05, 0.1) is 0 Å². The fraction of sp³-hybridized carbons (Fsp3) is 0.625. The summed E-state index contributed by atoms with van der Waals surface area (Å²) < 4.78 is 0. The van der Waals surface area contributed by atoms with E-state index in [1.807, 2.05) is 0 Å². The maximum atomic E-state index is 11.4. The van der Waals surface area contributed by atoms with Crippen molar-refractivity contribution in [3.8, 4) is 0 Å². The Morgan fingerprint density at radius 1 is 0.769 bits per heavy atom. The molecule has 146 valence electrons. The summed E-state index contributed by atoms with van der Waals surface area (Å²) in [6.07, 6.45) is 31.9. The molecule has 2 nitrogen and oxygen atoms in total. The monoisotopic (exact) mass is 357 g/mol. The number of nitrogens with one attached hydrogen (secondary N) is 1. The van der Waals surface area contributed by atoms with Crippen LogP contribution < -0.4 is 5.32 Å². The van der Waals surface area contributed by atoms with Crippen LogP contribution in [0, 0.1) is 5.92 Å². The van der Waals surface area contributed by atoms with Crippen LogP contribution in [-0.2, 0) is 4.79 Å². The van der Waals surface area contributed by atoms with Gasteiger partial charge < -0.3 is 5.32 Å². The van der Waals surface area contributed by atoms with Crippen LogP contribution in [0.15, 0.2) is 48.6 Å². The van der Waals surface area contributed by atoms with E-state index in [2.05, 4.69) is 60.8 Å². The van der Waals surface area contributed by atoms with Crippen molar-refractivity contribution in [2.75, 3.05) is 6.54 Å². The molecule has 0 aliphatic heterocycles. The smallest absolute Gasteiger partial charge is 0.223 e. The summed E-state index contributed by atoms with van der Waals surface area (Å²) in [4.78, 5) is 11.4. The fourth-order valence-electron chi connectivity index (χ4n) is 2.65. The first-order valence-electron chi connectivity index (χ1n) is 10.7. The highest BCUT2D eigenvalue weighted by Crippen LogP contribution is 2.28. The molecule has 1 N–H and O–H groups in total. The molecular weight excluding hydrogens is 318 g/mol. The summed E-state index contributed by atoms with van der Waals surface area (Å²) in [5.74, 6) is 0.603. The second-order valence-electron chi connectivity index (χ2n) is 7.15. The predicted octanol–water partition coefficient (Wildman–Crippen LogP) is 6.66. The lowest BCUT2D eigenvalue weighted by Crippen LogP contribution is -2.25. The maximum absolute atomic E-state index is 11.4. The minimum atomic E-state index is 0.266. The van der Waals surface area contributed by atoms with Gasteiger partial charge in [-0.3, -0.25) is 4.79 Å². The van der Waals surface area contributed by atoms with E-state index in [-0.39, 0.29) is 5.91 Å². The first kappa shape index (κ1) is 22.5. The Kier molecular flexibility index (Phi) is 14.6. The third-order valence-electron chi connectivity index (χ3n) is 4.50. The standard InChI is InChI=1S/C24H39NO/c1-2-3-4-5-6-7-8-9-10-11-12-13-14-15-16-17-18-19-22-25-24(26)23-20-21-23/h6-7,9-10,12-13,15-16,23H,2-5,8,11,14,17-22H2,1H3,(H,25,26)/b7-6-,10-9-,13-12-,16-15-. The van der Waals surface area contributed by atoms with E-state index in [4.69, 9.17) is 0 Å². The molecule has 0 saturated heterocycles. The van der Waals surface area contributed by atoms with Crippen LogP contribution in [0.2, 0.25) is 0 Å². The molecule has 1 aliphatic rings. The highest BCUT2D eigenvalue weighted by molar-refractivity contribution is 5.80. The molecule has 0 bridgehead atoms. The van der Waals surface area contributed by atoms with Gasteiger partial charge in [0, 0.05) is 12.5 Å². The summed E-state index contributed by atoms with van der Waals surface area (Å²) in [6, 6.07) is 0. The minimum absolute atomic E-state index is 0.266.